The van der Waals surface area contributed by atoms with E-state index in [1.54, 1.807) is 18.3 Å². The maximum Gasteiger partial charge on any atom is 0.225 e. The summed E-state index contributed by atoms with van der Waals surface area (Å²) in [5, 5.41) is 0. The first-order valence-corrected chi connectivity index (χ1v) is 11.3. The number of thiophene rings is 1. The van der Waals surface area contributed by atoms with Crippen LogP contribution in [0.4, 0.5) is 0 Å². The van der Waals surface area contributed by atoms with Crippen molar-refractivity contribution in [2.75, 3.05) is 32.7 Å². The summed E-state index contributed by atoms with van der Waals surface area (Å²) in [7, 11) is 0. The van der Waals surface area contributed by atoms with Gasteiger partial charge in [-0.15, -0.1) is 11.3 Å². The first-order chi connectivity index (χ1) is 14.0. The molecule has 154 valence electrons. The van der Waals surface area contributed by atoms with Gasteiger partial charge in [0, 0.05) is 51.1 Å². The highest BCUT2D eigenvalue weighted by molar-refractivity contribution is 7.16. The van der Waals surface area contributed by atoms with Gasteiger partial charge in [-0.05, 0) is 29.7 Å². The van der Waals surface area contributed by atoms with Crippen LogP contribution in [0, 0.1) is 0 Å². The molecular formula is C22H26ClN3O2S. The minimum atomic E-state index is -0.156. The van der Waals surface area contributed by atoms with Crippen molar-refractivity contribution in [1.29, 1.82) is 0 Å². The SMILES string of the molecule is CC(=O)N1CCc2ccccc2C1CC(=O)N1CCN(Cc2ccc(Cl)s2)CC1. The van der Waals surface area contributed by atoms with Gasteiger partial charge in [-0.1, -0.05) is 35.9 Å². The second-order valence-electron chi connectivity index (χ2n) is 7.74. The van der Waals surface area contributed by atoms with Gasteiger partial charge in [0.15, 0.2) is 0 Å². The topological polar surface area (TPSA) is 43.9 Å². The summed E-state index contributed by atoms with van der Waals surface area (Å²) in [5.74, 6) is 0.175. The minimum absolute atomic E-state index is 0.0386. The van der Waals surface area contributed by atoms with Crippen LogP contribution in [-0.4, -0.2) is 59.2 Å². The molecule has 29 heavy (non-hydrogen) atoms. The molecule has 2 aliphatic heterocycles. The van der Waals surface area contributed by atoms with E-state index in [4.69, 9.17) is 11.6 Å². The van der Waals surface area contributed by atoms with Crippen LogP contribution >= 0.6 is 22.9 Å². The highest BCUT2D eigenvalue weighted by Gasteiger charge is 2.32. The lowest BCUT2D eigenvalue weighted by molar-refractivity contribution is -0.137. The molecule has 4 rings (SSSR count). The van der Waals surface area contributed by atoms with E-state index >= 15 is 0 Å². The summed E-state index contributed by atoms with van der Waals surface area (Å²) in [6, 6.07) is 12.0. The van der Waals surface area contributed by atoms with Gasteiger partial charge in [0.25, 0.3) is 0 Å². The quantitative estimate of drug-likeness (QED) is 0.743. The molecule has 3 heterocycles. The third-order valence-electron chi connectivity index (χ3n) is 5.92. The Hall–Kier alpha value is -1.89. The molecule has 0 aliphatic carbocycles. The van der Waals surface area contributed by atoms with E-state index in [1.165, 1.54) is 10.4 Å². The largest absolute Gasteiger partial charge is 0.340 e. The number of nitrogens with zero attached hydrogens (tertiary/aromatic N) is 3. The Kier molecular flexibility index (Phi) is 6.23. The van der Waals surface area contributed by atoms with E-state index in [1.807, 2.05) is 28.0 Å². The summed E-state index contributed by atoms with van der Waals surface area (Å²) < 4.78 is 0.816. The molecule has 5 nitrogen and oxygen atoms in total. The Morgan fingerprint density at radius 2 is 1.83 bits per heavy atom. The summed E-state index contributed by atoms with van der Waals surface area (Å²) in [5.41, 5.74) is 2.37. The smallest absolute Gasteiger partial charge is 0.225 e. The van der Waals surface area contributed by atoms with Crippen LogP contribution in [0.5, 0.6) is 0 Å². The number of hydrogen-bond donors (Lipinski definition) is 0. The zero-order valence-corrected chi connectivity index (χ0v) is 18.2. The monoisotopic (exact) mass is 431 g/mol. The standard InChI is InChI=1S/C22H26ClN3O2S/c1-16(27)26-9-8-17-4-2-3-5-19(17)20(26)14-22(28)25-12-10-24(11-13-25)15-18-6-7-21(23)29-18/h2-7,20H,8-15H2,1H3. The van der Waals surface area contributed by atoms with Crippen LogP contribution in [0.25, 0.3) is 0 Å². The molecule has 0 spiro atoms. The Morgan fingerprint density at radius 3 is 2.52 bits per heavy atom. The van der Waals surface area contributed by atoms with Gasteiger partial charge in [0.05, 0.1) is 16.8 Å². The number of carbonyl (C=O) groups excluding carboxylic acids is 2. The van der Waals surface area contributed by atoms with Gasteiger partial charge in [0.1, 0.15) is 0 Å². The molecule has 1 aromatic carbocycles. The minimum Gasteiger partial charge on any atom is -0.340 e. The second kappa shape index (κ2) is 8.86. The number of benzene rings is 1. The van der Waals surface area contributed by atoms with Crippen LogP contribution in [0.2, 0.25) is 4.34 Å². The lowest BCUT2D eigenvalue weighted by atomic mass is 9.90. The van der Waals surface area contributed by atoms with Crippen LogP contribution < -0.4 is 0 Å². The van der Waals surface area contributed by atoms with Gasteiger partial charge >= 0.3 is 0 Å². The fraction of sp³-hybridized carbons (Fsp3) is 0.455. The number of carbonyl (C=O) groups is 2. The number of rotatable bonds is 4. The van der Waals surface area contributed by atoms with Gasteiger partial charge in [-0.3, -0.25) is 14.5 Å². The van der Waals surface area contributed by atoms with Gasteiger partial charge in [0.2, 0.25) is 11.8 Å². The molecule has 7 heteroatoms. The molecule has 0 radical (unpaired) electrons. The van der Waals surface area contributed by atoms with Crippen molar-refractivity contribution in [3.05, 3.63) is 56.7 Å². The van der Waals surface area contributed by atoms with E-state index in [-0.39, 0.29) is 17.9 Å². The molecule has 2 aromatic rings. The zero-order chi connectivity index (χ0) is 20.4. The number of halogens is 1. The number of amides is 2. The fourth-order valence-corrected chi connectivity index (χ4v) is 5.49. The first-order valence-electron chi connectivity index (χ1n) is 10.1. The lowest BCUT2D eigenvalue weighted by Crippen LogP contribution is -2.49. The second-order valence-corrected chi connectivity index (χ2v) is 9.54. The highest BCUT2D eigenvalue weighted by Crippen LogP contribution is 2.33. The van der Waals surface area contributed by atoms with Crippen molar-refractivity contribution >= 4 is 34.8 Å². The number of fused-ring (bicyclic) bond motifs is 1. The van der Waals surface area contributed by atoms with Crippen molar-refractivity contribution in [2.45, 2.75) is 32.4 Å². The number of piperazine rings is 1. The van der Waals surface area contributed by atoms with Crippen LogP contribution in [0.1, 0.15) is 35.4 Å². The molecule has 0 saturated carbocycles. The van der Waals surface area contributed by atoms with Crippen molar-refractivity contribution in [3.8, 4) is 0 Å². The Labute approximate surface area is 180 Å². The van der Waals surface area contributed by atoms with E-state index in [0.717, 1.165) is 49.0 Å². The van der Waals surface area contributed by atoms with Crippen molar-refractivity contribution < 1.29 is 9.59 Å². The Balaban J connectivity index is 1.38. The van der Waals surface area contributed by atoms with Crippen molar-refractivity contribution in [1.82, 2.24) is 14.7 Å². The summed E-state index contributed by atoms with van der Waals surface area (Å²) in [6.07, 6.45) is 1.21. The fourth-order valence-electron chi connectivity index (χ4n) is 4.36. The molecule has 1 aromatic heterocycles. The third kappa shape index (κ3) is 4.65. The van der Waals surface area contributed by atoms with Crippen molar-refractivity contribution in [3.63, 3.8) is 0 Å². The molecule has 0 N–H and O–H groups in total. The maximum absolute atomic E-state index is 13.1. The Morgan fingerprint density at radius 1 is 1.07 bits per heavy atom. The van der Waals surface area contributed by atoms with Crippen LogP contribution in [-0.2, 0) is 22.6 Å². The molecular weight excluding hydrogens is 406 g/mol. The zero-order valence-electron chi connectivity index (χ0n) is 16.6. The highest BCUT2D eigenvalue weighted by atomic mass is 35.5. The van der Waals surface area contributed by atoms with Crippen LogP contribution in [0.15, 0.2) is 36.4 Å². The predicted octanol–water partition coefficient (Wildman–Crippen LogP) is 3.58. The van der Waals surface area contributed by atoms with E-state index < -0.39 is 0 Å². The van der Waals surface area contributed by atoms with Gasteiger partial charge in [-0.25, -0.2) is 0 Å². The summed E-state index contributed by atoms with van der Waals surface area (Å²) >= 11 is 7.64. The first kappa shape index (κ1) is 20.4. The lowest BCUT2D eigenvalue weighted by Gasteiger charge is -2.39. The van der Waals surface area contributed by atoms with E-state index in [0.29, 0.717) is 13.0 Å². The van der Waals surface area contributed by atoms with Gasteiger partial charge in [-0.2, -0.15) is 0 Å². The normalized spacial score (nSPS) is 19.9. The van der Waals surface area contributed by atoms with Gasteiger partial charge < -0.3 is 9.80 Å². The molecule has 1 fully saturated rings. The third-order valence-corrected chi connectivity index (χ3v) is 7.13. The summed E-state index contributed by atoms with van der Waals surface area (Å²) in [4.78, 5) is 32.7. The molecule has 1 unspecified atom stereocenters. The number of hydrogen-bond acceptors (Lipinski definition) is 4. The molecule has 1 saturated heterocycles. The average molecular weight is 432 g/mol. The molecule has 2 aliphatic rings. The molecule has 2 amide bonds. The average Bonchev–Trinajstić information content (AvgIpc) is 3.13. The predicted molar refractivity (Wildman–Crippen MR) is 116 cm³/mol. The van der Waals surface area contributed by atoms with E-state index in [2.05, 4.69) is 23.1 Å². The maximum atomic E-state index is 13.1. The van der Waals surface area contributed by atoms with Crippen LogP contribution in [0.3, 0.4) is 0 Å². The molecule has 1 atom stereocenters. The summed E-state index contributed by atoms with van der Waals surface area (Å²) in [6.45, 7) is 6.34. The molecule has 0 bridgehead atoms. The Bertz CT molecular complexity index is 892. The van der Waals surface area contributed by atoms with Crippen molar-refractivity contribution in [2.24, 2.45) is 0 Å². The van der Waals surface area contributed by atoms with E-state index in [9.17, 15) is 9.59 Å².